The third-order valence-corrected chi connectivity index (χ3v) is 2.75. The molecule has 0 aliphatic rings. The molecule has 19 heavy (non-hydrogen) atoms. The maximum absolute atomic E-state index is 11.7. The number of carboxylic acids is 1. The van der Waals surface area contributed by atoms with Crippen molar-refractivity contribution in [1.82, 2.24) is 0 Å². The van der Waals surface area contributed by atoms with Crippen LogP contribution in [-0.4, -0.2) is 23.7 Å². The Hall–Kier alpha value is -1.84. The smallest absolute Gasteiger partial charge is 0.338 e. The Labute approximate surface area is 113 Å². The van der Waals surface area contributed by atoms with E-state index >= 15 is 0 Å². The third-order valence-electron chi connectivity index (χ3n) is 2.75. The Morgan fingerprint density at radius 3 is 2.21 bits per heavy atom. The lowest BCUT2D eigenvalue weighted by molar-refractivity contribution is -0.137. The van der Waals surface area contributed by atoms with E-state index in [1.807, 2.05) is 12.1 Å². The van der Waals surface area contributed by atoms with Crippen molar-refractivity contribution >= 4 is 11.9 Å². The molecule has 0 aliphatic heterocycles. The van der Waals surface area contributed by atoms with Gasteiger partial charge in [0, 0.05) is 6.42 Å². The largest absolute Gasteiger partial charge is 0.481 e. The van der Waals surface area contributed by atoms with Crippen LogP contribution in [0.1, 0.15) is 49.5 Å². The van der Waals surface area contributed by atoms with Gasteiger partial charge < -0.3 is 9.84 Å². The van der Waals surface area contributed by atoms with E-state index in [1.165, 1.54) is 0 Å². The molecule has 0 saturated carbocycles. The lowest BCUT2D eigenvalue weighted by atomic mass is 9.87. The Bertz CT molecular complexity index is 440. The zero-order valence-electron chi connectivity index (χ0n) is 11.6. The van der Waals surface area contributed by atoms with Gasteiger partial charge in [-0.25, -0.2) is 4.79 Å². The first-order valence-corrected chi connectivity index (χ1v) is 6.30. The molecule has 0 spiro atoms. The number of benzene rings is 1. The molecule has 0 saturated heterocycles. The van der Waals surface area contributed by atoms with Crippen molar-refractivity contribution in [2.24, 2.45) is 0 Å². The number of ether oxygens (including phenoxy) is 1. The van der Waals surface area contributed by atoms with Crippen LogP contribution >= 0.6 is 0 Å². The summed E-state index contributed by atoms with van der Waals surface area (Å²) in [6, 6.07) is 7.29. The van der Waals surface area contributed by atoms with E-state index in [0.717, 1.165) is 5.56 Å². The molecule has 1 N–H and O–H groups in total. The summed E-state index contributed by atoms with van der Waals surface area (Å²) in [5.74, 6) is -1.29. The molecule has 104 valence electrons. The number of hydrogen-bond donors (Lipinski definition) is 1. The van der Waals surface area contributed by atoms with Crippen molar-refractivity contribution in [1.29, 1.82) is 0 Å². The molecule has 0 aliphatic carbocycles. The van der Waals surface area contributed by atoms with Crippen LogP contribution in [0.5, 0.6) is 0 Å². The molecule has 0 unspecified atom stereocenters. The SMILES string of the molecule is CC(C)(C)c1ccc(C(=O)OCCCC(=O)O)cc1. The zero-order chi connectivity index (χ0) is 14.5. The summed E-state index contributed by atoms with van der Waals surface area (Å²) in [6.07, 6.45) is 0.345. The average molecular weight is 264 g/mol. The normalized spacial score (nSPS) is 11.1. The summed E-state index contributed by atoms with van der Waals surface area (Å²) in [4.78, 5) is 22.0. The summed E-state index contributed by atoms with van der Waals surface area (Å²) in [5.41, 5.74) is 1.68. The fraction of sp³-hybridized carbons (Fsp3) is 0.467. The number of rotatable bonds is 5. The van der Waals surface area contributed by atoms with E-state index in [0.29, 0.717) is 12.0 Å². The van der Waals surface area contributed by atoms with Crippen LogP contribution in [0.4, 0.5) is 0 Å². The fourth-order valence-corrected chi connectivity index (χ4v) is 1.58. The van der Waals surface area contributed by atoms with Crippen molar-refractivity contribution in [3.05, 3.63) is 35.4 Å². The van der Waals surface area contributed by atoms with Gasteiger partial charge in [0.25, 0.3) is 0 Å². The minimum atomic E-state index is -0.884. The molecule has 0 fully saturated rings. The standard InChI is InChI=1S/C15H20O4/c1-15(2,3)12-8-6-11(7-9-12)14(18)19-10-4-5-13(16)17/h6-9H,4-5,10H2,1-3H3,(H,16,17). The van der Waals surface area contributed by atoms with Crippen LogP contribution in [0.3, 0.4) is 0 Å². The molecule has 0 heterocycles. The zero-order valence-corrected chi connectivity index (χ0v) is 11.6. The van der Waals surface area contributed by atoms with Gasteiger partial charge in [0.15, 0.2) is 0 Å². The van der Waals surface area contributed by atoms with Crippen LogP contribution in [0.15, 0.2) is 24.3 Å². The van der Waals surface area contributed by atoms with E-state index in [2.05, 4.69) is 20.8 Å². The molecular formula is C15H20O4. The second kappa shape index (κ2) is 6.36. The average Bonchev–Trinajstić information content (AvgIpc) is 2.33. The number of esters is 1. The predicted octanol–water partition coefficient (Wildman–Crippen LogP) is 3.01. The Balaban J connectivity index is 2.52. The van der Waals surface area contributed by atoms with E-state index in [-0.39, 0.29) is 18.4 Å². The van der Waals surface area contributed by atoms with Crippen LogP contribution < -0.4 is 0 Å². The number of aliphatic carboxylic acids is 1. The highest BCUT2D eigenvalue weighted by atomic mass is 16.5. The molecular weight excluding hydrogens is 244 g/mol. The van der Waals surface area contributed by atoms with Gasteiger partial charge in [0.05, 0.1) is 12.2 Å². The highest BCUT2D eigenvalue weighted by Crippen LogP contribution is 2.22. The second-order valence-electron chi connectivity index (χ2n) is 5.46. The molecule has 0 radical (unpaired) electrons. The fourth-order valence-electron chi connectivity index (χ4n) is 1.58. The molecule has 0 bridgehead atoms. The van der Waals surface area contributed by atoms with E-state index in [9.17, 15) is 9.59 Å². The molecule has 1 rings (SSSR count). The minimum Gasteiger partial charge on any atom is -0.481 e. The van der Waals surface area contributed by atoms with E-state index in [4.69, 9.17) is 9.84 Å². The summed E-state index contributed by atoms with van der Waals surface area (Å²) in [6.45, 7) is 6.44. The summed E-state index contributed by atoms with van der Waals surface area (Å²) >= 11 is 0. The van der Waals surface area contributed by atoms with Gasteiger partial charge in [0.2, 0.25) is 0 Å². The third kappa shape index (κ3) is 5.12. The Kier molecular flexibility index (Phi) is 5.10. The van der Waals surface area contributed by atoms with Crippen molar-refractivity contribution in [2.45, 2.75) is 39.0 Å². The first-order valence-electron chi connectivity index (χ1n) is 6.30. The second-order valence-corrected chi connectivity index (χ2v) is 5.46. The molecule has 0 atom stereocenters. The maximum Gasteiger partial charge on any atom is 0.338 e. The molecule has 1 aromatic carbocycles. The summed E-state index contributed by atoms with van der Waals surface area (Å²) < 4.78 is 5.00. The summed E-state index contributed by atoms with van der Waals surface area (Å²) in [5, 5.41) is 8.46. The first kappa shape index (κ1) is 15.2. The Morgan fingerprint density at radius 1 is 1.16 bits per heavy atom. The van der Waals surface area contributed by atoms with Crippen molar-refractivity contribution in [2.75, 3.05) is 6.61 Å². The topological polar surface area (TPSA) is 63.6 Å². The minimum absolute atomic E-state index is 0.0102. The van der Waals surface area contributed by atoms with E-state index in [1.54, 1.807) is 12.1 Å². The van der Waals surface area contributed by atoms with Crippen molar-refractivity contribution in [3.8, 4) is 0 Å². The Morgan fingerprint density at radius 2 is 1.74 bits per heavy atom. The molecule has 0 amide bonds. The van der Waals surface area contributed by atoms with Crippen molar-refractivity contribution < 1.29 is 19.4 Å². The monoisotopic (exact) mass is 264 g/mol. The van der Waals surface area contributed by atoms with Gasteiger partial charge in [0.1, 0.15) is 0 Å². The number of carbonyl (C=O) groups is 2. The molecule has 0 aromatic heterocycles. The summed E-state index contributed by atoms with van der Waals surface area (Å²) in [7, 11) is 0. The number of hydrogen-bond acceptors (Lipinski definition) is 3. The molecule has 4 heteroatoms. The van der Waals surface area contributed by atoms with Crippen LogP contribution in [0.2, 0.25) is 0 Å². The van der Waals surface area contributed by atoms with Crippen LogP contribution in [-0.2, 0) is 14.9 Å². The van der Waals surface area contributed by atoms with Gasteiger partial charge in [-0.2, -0.15) is 0 Å². The lowest BCUT2D eigenvalue weighted by Gasteiger charge is -2.18. The highest BCUT2D eigenvalue weighted by Gasteiger charge is 2.14. The van der Waals surface area contributed by atoms with Gasteiger partial charge >= 0.3 is 11.9 Å². The van der Waals surface area contributed by atoms with Crippen LogP contribution in [0, 0.1) is 0 Å². The van der Waals surface area contributed by atoms with E-state index < -0.39 is 11.9 Å². The first-order chi connectivity index (χ1) is 8.80. The number of carbonyl (C=O) groups excluding carboxylic acids is 1. The van der Waals surface area contributed by atoms with Gasteiger partial charge in [-0.3, -0.25) is 4.79 Å². The number of carboxylic acid groups (broad SMARTS) is 1. The lowest BCUT2D eigenvalue weighted by Crippen LogP contribution is -2.12. The van der Waals surface area contributed by atoms with Gasteiger partial charge in [-0.05, 0) is 29.5 Å². The van der Waals surface area contributed by atoms with Gasteiger partial charge in [-0.1, -0.05) is 32.9 Å². The maximum atomic E-state index is 11.7. The van der Waals surface area contributed by atoms with Gasteiger partial charge in [-0.15, -0.1) is 0 Å². The van der Waals surface area contributed by atoms with Crippen molar-refractivity contribution in [3.63, 3.8) is 0 Å². The van der Waals surface area contributed by atoms with Crippen LogP contribution in [0.25, 0.3) is 0 Å². The highest BCUT2D eigenvalue weighted by molar-refractivity contribution is 5.89. The predicted molar refractivity (Wildman–Crippen MR) is 72.3 cm³/mol. The molecule has 1 aromatic rings. The molecule has 4 nitrogen and oxygen atoms in total. The quantitative estimate of drug-likeness (QED) is 0.656.